The van der Waals surface area contributed by atoms with E-state index >= 15 is 0 Å². The minimum Gasteiger partial charge on any atom is -0.493 e. The molecular weight excluding hydrogens is 277 g/mol. The second kappa shape index (κ2) is 6.13. The number of hydrogen-bond acceptors (Lipinski definition) is 3. The van der Waals surface area contributed by atoms with Gasteiger partial charge in [-0.2, -0.15) is 0 Å². The van der Waals surface area contributed by atoms with Crippen LogP contribution < -0.4 is 14.8 Å². The van der Waals surface area contributed by atoms with Crippen LogP contribution in [0.15, 0.2) is 36.4 Å². The number of carboxylic acid groups (broad SMARTS) is 1. The molecule has 21 heavy (non-hydrogen) atoms. The van der Waals surface area contributed by atoms with Gasteiger partial charge in [-0.05, 0) is 35.9 Å². The summed E-state index contributed by atoms with van der Waals surface area (Å²) in [5.41, 5.74) is 1.31. The Bertz CT molecular complexity index is 673. The predicted octanol–water partition coefficient (Wildman–Crippen LogP) is 3.60. The van der Waals surface area contributed by atoms with Crippen LogP contribution in [0.4, 0.5) is 14.9 Å². The van der Waals surface area contributed by atoms with Gasteiger partial charge in [-0.15, -0.1) is 0 Å². The van der Waals surface area contributed by atoms with Crippen LogP contribution in [0.1, 0.15) is 0 Å². The van der Waals surface area contributed by atoms with Crippen LogP contribution in [0.3, 0.4) is 0 Å². The van der Waals surface area contributed by atoms with Crippen molar-refractivity contribution >= 4 is 11.8 Å². The van der Waals surface area contributed by atoms with E-state index in [0.717, 1.165) is 0 Å². The van der Waals surface area contributed by atoms with Crippen LogP contribution in [0, 0.1) is 5.82 Å². The fourth-order valence-electron chi connectivity index (χ4n) is 1.98. The molecule has 2 N–H and O–H groups in total. The standard InChI is InChI=1S/C15H14FNO4/c1-20-13-6-3-9(7-14(13)21-2)11-8-10(16)4-5-12(11)17-15(18)19/h3-8,17H,1-2H3,(H,18,19). The largest absolute Gasteiger partial charge is 0.493 e. The third kappa shape index (κ3) is 3.22. The number of carbonyl (C=O) groups is 1. The smallest absolute Gasteiger partial charge is 0.409 e. The molecule has 0 radical (unpaired) electrons. The lowest BCUT2D eigenvalue weighted by Gasteiger charge is -2.13. The van der Waals surface area contributed by atoms with Crippen molar-refractivity contribution in [2.24, 2.45) is 0 Å². The van der Waals surface area contributed by atoms with E-state index in [1.165, 1.54) is 32.4 Å². The summed E-state index contributed by atoms with van der Waals surface area (Å²) in [7, 11) is 3.00. The Hall–Kier alpha value is -2.76. The van der Waals surface area contributed by atoms with Crippen molar-refractivity contribution in [3.8, 4) is 22.6 Å². The number of amides is 1. The normalized spacial score (nSPS) is 10.0. The minimum atomic E-state index is -1.22. The molecule has 0 saturated heterocycles. The molecule has 0 saturated carbocycles. The first-order valence-corrected chi connectivity index (χ1v) is 6.07. The number of rotatable bonds is 4. The lowest BCUT2D eigenvalue weighted by atomic mass is 10.0. The van der Waals surface area contributed by atoms with Crippen molar-refractivity contribution < 1.29 is 23.8 Å². The summed E-state index contributed by atoms with van der Waals surface area (Å²) in [4.78, 5) is 10.8. The monoisotopic (exact) mass is 291 g/mol. The van der Waals surface area contributed by atoms with Gasteiger partial charge < -0.3 is 14.6 Å². The molecular formula is C15H14FNO4. The highest BCUT2D eigenvalue weighted by molar-refractivity contribution is 5.90. The van der Waals surface area contributed by atoms with Crippen molar-refractivity contribution in [1.82, 2.24) is 0 Å². The van der Waals surface area contributed by atoms with Gasteiger partial charge in [0.2, 0.25) is 0 Å². The number of halogens is 1. The lowest BCUT2D eigenvalue weighted by molar-refractivity contribution is 0.210. The number of anilines is 1. The molecule has 2 aromatic rings. The third-order valence-corrected chi connectivity index (χ3v) is 2.92. The zero-order valence-corrected chi connectivity index (χ0v) is 11.5. The third-order valence-electron chi connectivity index (χ3n) is 2.92. The van der Waals surface area contributed by atoms with Gasteiger partial charge in [0.1, 0.15) is 5.82 Å². The van der Waals surface area contributed by atoms with E-state index in [0.29, 0.717) is 22.6 Å². The maximum absolute atomic E-state index is 13.5. The highest BCUT2D eigenvalue weighted by Crippen LogP contribution is 2.35. The van der Waals surface area contributed by atoms with Crippen LogP contribution >= 0.6 is 0 Å². The Kier molecular flexibility index (Phi) is 4.27. The first kappa shape index (κ1) is 14.6. The molecule has 0 atom stereocenters. The quantitative estimate of drug-likeness (QED) is 0.903. The van der Waals surface area contributed by atoms with Gasteiger partial charge in [0.25, 0.3) is 0 Å². The molecule has 0 unspecified atom stereocenters. The Labute approximate surface area is 120 Å². The Morgan fingerprint density at radius 1 is 1.10 bits per heavy atom. The van der Waals surface area contributed by atoms with Crippen molar-refractivity contribution in [2.75, 3.05) is 19.5 Å². The van der Waals surface area contributed by atoms with Crippen LogP contribution in [-0.2, 0) is 0 Å². The maximum Gasteiger partial charge on any atom is 0.409 e. The molecule has 0 aliphatic heterocycles. The summed E-state index contributed by atoms with van der Waals surface area (Å²) >= 11 is 0. The summed E-state index contributed by atoms with van der Waals surface area (Å²) in [5, 5.41) is 11.1. The van der Waals surface area contributed by atoms with Crippen molar-refractivity contribution in [2.45, 2.75) is 0 Å². The Morgan fingerprint density at radius 2 is 1.81 bits per heavy atom. The van der Waals surface area contributed by atoms with E-state index in [9.17, 15) is 9.18 Å². The zero-order chi connectivity index (χ0) is 15.4. The minimum absolute atomic E-state index is 0.288. The van der Waals surface area contributed by atoms with Crippen molar-refractivity contribution in [3.63, 3.8) is 0 Å². The predicted molar refractivity (Wildman–Crippen MR) is 76.6 cm³/mol. The summed E-state index contributed by atoms with van der Waals surface area (Å²) < 4.78 is 23.8. The van der Waals surface area contributed by atoms with E-state index in [-0.39, 0.29) is 5.69 Å². The molecule has 0 aliphatic carbocycles. The van der Waals surface area contributed by atoms with Gasteiger partial charge >= 0.3 is 6.09 Å². The fourth-order valence-corrected chi connectivity index (χ4v) is 1.98. The molecule has 2 rings (SSSR count). The molecule has 0 aliphatic rings. The van der Waals surface area contributed by atoms with E-state index in [2.05, 4.69) is 5.32 Å². The summed E-state index contributed by atoms with van der Waals surface area (Å²) in [5.74, 6) is 0.543. The summed E-state index contributed by atoms with van der Waals surface area (Å²) in [6, 6.07) is 8.84. The molecule has 5 nitrogen and oxygen atoms in total. The Balaban J connectivity index is 2.54. The van der Waals surface area contributed by atoms with Gasteiger partial charge in [-0.25, -0.2) is 9.18 Å². The highest BCUT2D eigenvalue weighted by Gasteiger charge is 2.12. The van der Waals surface area contributed by atoms with Gasteiger partial charge in [-0.3, -0.25) is 5.32 Å². The van der Waals surface area contributed by atoms with Crippen molar-refractivity contribution in [3.05, 3.63) is 42.2 Å². The van der Waals surface area contributed by atoms with E-state index in [1.807, 2.05) is 0 Å². The second-order valence-corrected chi connectivity index (χ2v) is 4.19. The lowest BCUT2D eigenvalue weighted by Crippen LogP contribution is -2.08. The summed E-state index contributed by atoms with van der Waals surface area (Å²) in [6.45, 7) is 0. The number of benzene rings is 2. The number of methoxy groups -OCH3 is 2. The van der Waals surface area contributed by atoms with Gasteiger partial charge in [0, 0.05) is 5.56 Å². The highest BCUT2D eigenvalue weighted by atomic mass is 19.1. The maximum atomic E-state index is 13.5. The first-order valence-electron chi connectivity index (χ1n) is 6.07. The van der Waals surface area contributed by atoms with Crippen LogP contribution in [0.25, 0.3) is 11.1 Å². The number of hydrogen-bond donors (Lipinski definition) is 2. The van der Waals surface area contributed by atoms with Crippen LogP contribution in [-0.4, -0.2) is 25.4 Å². The number of nitrogens with one attached hydrogen (secondary N) is 1. The Morgan fingerprint density at radius 3 is 2.43 bits per heavy atom. The van der Waals surface area contributed by atoms with Crippen LogP contribution in [0.5, 0.6) is 11.5 Å². The SMILES string of the molecule is COc1ccc(-c2cc(F)ccc2NC(=O)O)cc1OC. The van der Waals surface area contributed by atoms with E-state index in [4.69, 9.17) is 14.6 Å². The molecule has 2 aromatic carbocycles. The topological polar surface area (TPSA) is 67.8 Å². The first-order chi connectivity index (χ1) is 10.0. The average molecular weight is 291 g/mol. The molecule has 6 heteroatoms. The van der Waals surface area contributed by atoms with E-state index < -0.39 is 11.9 Å². The molecule has 0 aromatic heterocycles. The molecule has 0 bridgehead atoms. The van der Waals surface area contributed by atoms with Gasteiger partial charge in [-0.1, -0.05) is 6.07 Å². The number of ether oxygens (including phenoxy) is 2. The van der Waals surface area contributed by atoms with Gasteiger partial charge in [0.15, 0.2) is 11.5 Å². The van der Waals surface area contributed by atoms with Crippen LogP contribution in [0.2, 0.25) is 0 Å². The molecule has 1 amide bonds. The van der Waals surface area contributed by atoms with Crippen molar-refractivity contribution in [1.29, 1.82) is 0 Å². The molecule has 110 valence electrons. The molecule has 0 spiro atoms. The van der Waals surface area contributed by atoms with E-state index in [1.54, 1.807) is 18.2 Å². The second-order valence-electron chi connectivity index (χ2n) is 4.19. The average Bonchev–Trinajstić information content (AvgIpc) is 2.48. The molecule has 0 fully saturated rings. The zero-order valence-electron chi connectivity index (χ0n) is 11.5. The fraction of sp³-hybridized carbons (Fsp3) is 0.133. The van der Waals surface area contributed by atoms with Gasteiger partial charge in [0.05, 0.1) is 19.9 Å². The summed E-state index contributed by atoms with van der Waals surface area (Å²) in [6.07, 6.45) is -1.22. The molecule has 0 heterocycles.